The summed E-state index contributed by atoms with van der Waals surface area (Å²) in [4.78, 5) is 22.1. The highest BCUT2D eigenvalue weighted by molar-refractivity contribution is 5.84. The summed E-state index contributed by atoms with van der Waals surface area (Å²) in [5.74, 6) is -1.25. The van der Waals surface area contributed by atoms with E-state index in [1.165, 1.54) is 13.8 Å². The van der Waals surface area contributed by atoms with Crippen LogP contribution in [0.25, 0.3) is 0 Å². The van der Waals surface area contributed by atoms with Crippen LogP contribution in [-0.2, 0) is 14.3 Å². The Balaban J connectivity index is 3.99. The van der Waals surface area contributed by atoms with E-state index < -0.39 is 11.4 Å². The second kappa shape index (κ2) is 5.70. The van der Waals surface area contributed by atoms with Crippen molar-refractivity contribution >= 4 is 11.9 Å². The summed E-state index contributed by atoms with van der Waals surface area (Å²) >= 11 is 0. The number of carbonyl (C=O) groups is 2. The number of nitrogens with one attached hydrogen (secondary N) is 1. The van der Waals surface area contributed by atoms with Crippen molar-refractivity contribution in [3.05, 3.63) is 0 Å². The lowest BCUT2D eigenvalue weighted by molar-refractivity contribution is -0.149. The second-order valence-electron chi connectivity index (χ2n) is 4.22. The van der Waals surface area contributed by atoms with Crippen molar-refractivity contribution in [1.29, 1.82) is 0 Å². The van der Waals surface area contributed by atoms with Gasteiger partial charge >= 0.3 is 5.97 Å². The number of ether oxygens (including phenoxy) is 1. The molecule has 1 amide bonds. The molecule has 0 heterocycles. The van der Waals surface area contributed by atoms with Gasteiger partial charge in [-0.05, 0) is 20.8 Å². The topological polar surface area (TPSA) is 75.6 Å². The zero-order valence-corrected chi connectivity index (χ0v) is 9.66. The molecule has 15 heavy (non-hydrogen) atoms. The van der Waals surface area contributed by atoms with Gasteiger partial charge in [0.25, 0.3) is 0 Å². The molecule has 1 atom stereocenters. The molecule has 0 aromatic carbocycles. The highest BCUT2D eigenvalue weighted by Gasteiger charge is 2.29. The van der Waals surface area contributed by atoms with Gasteiger partial charge in [-0.3, -0.25) is 9.59 Å². The van der Waals surface area contributed by atoms with Crippen molar-refractivity contribution in [1.82, 2.24) is 5.32 Å². The smallest absolute Gasteiger partial charge is 0.309 e. The molecule has 0 fully saturated rings. The predicted molar refractivity (Wildman–Crippen MR) is 55.5 cm³/mol. The van der Waals surface area contributed by atoms with Gasteiger partial charge in [-0.25, -0.2) is 0 Å². The first kappa shape index (κ1) is 13.9. The van der Waals surface area contributed by atoms with E-state index in [1.807, 2.05) is 6.92 Å². The maximum absolute atomic E-state index is 11.4. The van der Waals surface area contributed by atoms with Crippen molar-refractivity contribution in [2.45, 2.75) is 33.3 Å². The van der Waals surface area contributed by atoms with E-state index in [2.05, 4.69) is 5.32 Å². The van der Waals surface area contributed by atoms with Gasteiger partial charge in [-0.15, -0.1) is 0 Å². The largest absolute Gasteiger partial charge is 0.481 e. The number of hydrogen-bond donors (Lipinski definition) is 2. The minimum Gasteiger partial charge on any atom is -0.481 e. The van der Waals surface area contributed by atoms with E-state index >= 15 is 0 Å². The molecule has 0 aromatic rings. The normalized spacial score (nSPS) is 13.3. The molecule has 0 rings (SSSR count). The summed E-state index contributed by atoms with van der Waals surface area (Å²) in [6.07, 6.45) is -0.0967. The summed E-state index contributed by atoms with van der Waals surface area (Å²) in [5, 5.41) is 11.4. The molecular weight excluding hydrogens is 198 g/mol. The molecule has 0 aliphatic heterocycles. The Morgan fingerprint density at radius 3 is 2.40 bits per heavy atom. The molecule has 1 unspecified atom stereocenters. The first-order chi connectivity index (χ1) is 6.79. The fourth-order valence-electron chi connectivity index (χ4n) is 0.880. The summed E-state index contributed by atoms with van der Waals surface area (Å²) < 4.78 is 4.95. The van der Waals surface area contributed by atoms with Crippen molar-refractivity contribution < 1.29 is 19.4 Å². The van der Waals surface area contributed by atoms with E-state index in [-0.39, 0.29) is 18.4 Å². The van der Waals surface area contributed by atoms with Gasteiger partial charge in [0.05, 0.1) is 11.5 Å². The minimum atomic E-state index is -1.03. The lowest BCUT2D eigenvalue weighted by Gasteiger charge is -2.19. The standard InChI is InChI=1S/C10H19NO4/c1-7(15-4)6-11-8(12)5-10(2,3)9(13)14/h7H,5-6H2,1-4H3,(H,11,12)(H,13,14). The Bertz CT molecular complexity index is 238. The molecule has 5 nitrogen and oxygen atoms in total. The number of hydrogen-bond acceptors (Lipinski definition) is 3. The zero-order chi connectivity index (χ0) is 12.1. The van der Waals surface area contributed by atoms with E-state index in [4.69, 9.17) is 9.84 Å². The fourth-order valence-corrected chi connectivity index (χ4v) is 0.880. The number of aliphatic carboxylic acids is 1. The molecule has 0 saturated carbocycles. The molecule has 5 heteroatoms. The Kier molecular flexibility index (Phi) is 5.28. The van der Waals surface area contributed by atoms with Crippen LogP contribution in [0.15, 0.2) is 0 Å². The van der Waals surface area contributed by atoms with Crippen LogP contribution in [0.1, 0.15) is 27.2 Å². The predicted octanol–water partition coefficient (Wildman–Crippen LogP) is 0.638. The van der Waals surface area contributed by atoms with Gasteiger partial charge in [0, 0.05) is 20.1 Å². The lowest BCUT2D eigenvalue weighted by Crippen LogP contribution is -2.36. The van der Waals surface area contributed by atoms with Crippen molar-refractivity contribution in [2.75, 3.05) is 13.7 Å². The fraction of sp³-hybridized carbons (Fsp3) is 0.800. The Labute approximate surface area is 89.8 Å². The lowest BCUT2D eigenvalue weighted by atomic mass is 9.89. The van der Waals surface area contributed by atoms with E-state index in [9.17, 15) is 9.59 Å². The van der Waals surface area contributed by atoms with Crippen LogP contribution in [-0.4, -0.2) is 36.7 Å². The van der Waals surface area contributed by atoms with Gasteiger partial charge in [0.2, 0.25) is 5.91 Å². The van der Waals surface area contributed by atoms with Gasteiger partial charge in [0.1, 0.15) is 0 Å². The van der Waals surface area contributed by atoms with Gasteiger partial charge in [-0.2, -0.15) is 0 Å². The second-order valence-corrected chi connectivity index (χ2v) is 4.22. The highest BCUT2D eigenvalue weighted by atomic mass is 16.5. The maximum Gasteiger partial charge on any atom is 0.309 e. The molecule has 0 spiro atoms. The van der Waals surface area contributed by atoms with Crippen LogP contribution >= 0.6 is 0 Å². The van der Waals surface area contributed by atoms with Crippen LogP contribution in [0.4, 0.5) is 0 Å². The van der Waals surface area contributed by atoms with Gasteiger partial charge in [-0.1, -0.05) is 0 Å². The third kappa shape index (κ3) is 5.37. The van der Waals surface area contributed by atoms with Crippen LogP contribution in [0.5, 0.6) is 0 Å². The molecule has 0 bridgehead atoms. The van der Waals surface area contributed by atoms with Crippen molar-refractivity contribution in [3.63, 3.8) is 0 Å². The Morgan fingerprint density at radius 2 is 2.00 bits per heavy atom. The number of carbonyl (C=O) groups excluding carboxylic acids is 1. The third-order valence-corrected chi connectivity index (χ3v) is 2.17. The van der Waals surface area contributed by atoms with Crippen LogP contribution in [0.3, 0.4) is 0 Å². The first-order valence-corrected chi connectivity index (χ1v) is 4.82. The summed E-state index contributed by atoms with van der Waals surface area (Å²) in [5.41, 5.74) is -1.03. The SMILES string of the molecule is COC(C)CNC(=O)CC(C)(C)C(=O)O. The molecule has 0 saturated heterocycles. The number of amides is 1. The minimum absolute atomic E-state index is 0.0290. The maximum atomic E-state index is 11.4. The van der Waals surface area contributed by atoms with E-state index in [0.717, 1.165) is 0 Å². The molecule has 2 N–H and O–H groups in total. The van der Waals surface area contributed by atoms with Crippen molar-refractivity contribution in [2.24, 2.45) is 5.41 Å². The molecule has 0 aliphatic carbocycles. The quantitative estimate of drug-likeness (QED) is 0.684. The molecule has 0 aliphatic rings. The molecule has 88 valence electrons. The number of rotatable bonds is 6. The summed E-state index contributed by atoms with van der Waals surface area (Å²) in [6.45, 7) is 5.26. The van der Waals surface area contributed by atoms with Gasteiger partial charge in [0.15, 0.2) is 0 Å². The number of carboxylic acid groups (broad SMARTS) is 1. The van der Waals surface area contributed by atoms with Crippen LogP contribution in [0.2, 0.25) is 0 Å². The molecule has 0 radical (unpaired) electrons. The van der Waals surface area contributed by atoms with Crippen molar-refractivity contribution in [3.8, 4) is 0 Å². The summed E-state index contributed by atoms with van der Waals surface area (Å²) in [6, 6.07) is 0. The Morgan fingerprint density at radius 1 is 1.47 bits per heavy atom. The Hall–Kier alpha value is -1.10. The summed E-state index contributed by atoms with van der Waals surface area (Å²) in [7, 11) is 1.55. The highest BCUT2D eigenvalue weighted by Crippen LogP contribution is 2.19. The number of carboxylic acids is 1. The zero-order valence-electron chi connectivity index (χ0n) is 9.66. The average molecular weight is 217 g/mol. The van der Waals surface area contributed by atoms with Gasteiger partial charge < -0.3 is 15.2 Å². The monoisotopic (exact) mass is 217 g/mol. The van der Waals surface area contributed by atoms with Crippen LogP contribution in [0, 0.1) is 5.41 Å². The molecule has 0 aromatic heterocycles. The number of methoxy groups -OCH3 is 1. The molecular formula is C10H19NO4. The van der Waals surface area contributed by atoms with E-state index in [0.29, 0.717) is 6.54 Å². The van der Waals surface area contributed by atoms with Crippen LogP contribution < -0.4 is 5.32 Å². The van der Waals surface area contributed by atoms with E-state index in [1.54, 1.807) is 7.11 Å². The first-order valence-electron chi connectivity index (χ1n) is 4.82. The average Bonchev–Trinajstić information content (AvgIpc) is 2.13. The third-order valence-electron chi connectivity index (χ3n) is 2.17.